The van der Waals surface area contributed by atoms with Crippen LogP contribution in [0.25, 0.3) is 72.0 Å². The summed E-state index contributed by atoms with van der Waals surface area (Å²) in [6.45, 7) is 0. The molecule has 0 N–H and O–H groups in total. The van der Waals surface area contributed by atoms with Crippen LogP contribution in [-0.4, -0.2) is 4.57 Å². The van der Waals surface area contributed by atoms with Gasteiger partial charge in [0.15, 0.2) is 0 Å². The van der Waals surface area contributed by atoms with Crippen molar-refractivity contribution < 1.29 is 0 Å². The fourth-order valence-electron chi connectivity index (χ4n) is 10.7. The lowest BCUT2D eigenvalue weighted by Crippen LogP contribution is -2.17. The van der Waals surface area contributed by atoms with E-state index in [4.69, 9.17) is 0 Å². The smallest absolute Gasteiger partial charge is 0.0541 e. The van der Waals surface area contributed by atoms with Gasteiger partial charge in [-0.2, -0.15) is 0 Å². The van der Waals surface area contributed by atoms with Gasteiger partial charge in [-0.3, -0.25) is 0 Å². The first-order valence-electron chi connectivity index (χ1n) is 25.1. The molecule has 340 valence electrons. The Balaban J connectivity index is 0.977. The topological polar surface area (TPSA) is 8.17 Å². The van der Waals surface area contributed by atoms with E-state index in [-0.39, 0.29) is 0 Å². The van der Waals surface area contributed by atoms with Crippen LogP contribution in [0.5, 0.6) is 0 Å². The number of hydrogen-bond donors (Lipinski definition) is 0. The average molecular weight is 911 g/mol. The molecule has 11 aromatic rings. The van der Waals surface area contributed by atoms with Crippen LogP contribution >= 0.6 is 0 Å². The largest absolute Gasteiger partial charge is 0.314 e. The van der Waals surface area contributed by atoms with Crippen molar-refractivity contribution in [2.75, 3.05) is 4.90 Å². The quantitative estimate of drug-likeness (QED) is 0.112. The molecule has 0 spiro atoms. The molecule has 0 fully saturated rings. The molecule has 2 heteroatoms. The Hall–Kier alpha value is -8.72. The van der Waals surface area contributed by atoms with Gasteiger partial charge < -0.3 is 9.47 Å². The normalized spacial score (nSPS) is 12.8. The van der Waals surface area contributed by atoms with Crippen LogP contribution in [0.4, 0.5) is 11.4 Å². The first-order chi connectivity index (χ1) is 35.2. The number of anilines is 2. The molecule has 1 aliphatic rings. The van der Waals surface area contributed by atoms with Crippen molar-refractivity contribution in [3.05, 3.63) is 295 Å². The predicted octanol–water partition coefficient (Wildman–Crippen LogP) is 18.6. The Morgan fingerprint density at radius 3 is 1.49 bits per heavy atom. The van der Waals surface area contributed by atoms with E-state index in [0.717, 1.165) is 37.1 Å². The lowest BCUT2D eigenvalue weighted by Gasteiger charge is -2.29. The minimum absolute atomic E-state index is 0.299. The molecule has 0 radical (unpaired) electrons. The summed E-state index contributed by atoms with van der Waals surface area (Å²) in [6, 6.07) is 93.8. The Labute approximate surface area is 417 Å². The van der Waals surface area contributed by atoms with E-state index in [1.165, 1.54) is 94.4 Å². The molecule has 1 aliphatic carbocycles. The molecule has 2 nitrogen and oxygen atoms in total. The van der Waals surface area contributed by atoms with Gasteiger partial charge in [-0.1, -0.05) is 206 Å². The van der Waals surface area contributed by atoms with E-state index < -0.39 is 0 Å². The summed E-state index contributed by atoms with van der Waals surface area (Å²) in [5.41, 5.74) is 20.8. The Morgan fingerprint density at radius 2 is 0.887 bits per heavy atom. The Morgan fingerprint density at radius 1 is 0.408 bits per heavy atom. The summed E-state index contributed by atoms with van der Waals surface area (Å²) >= 11 is 0. The van der Waals surface area contributed by atoms with Crippen molar-refractivity contribution in [2.24, 2.45) is 0 Å². The number of allylic oxidation sites excluding steroid dienone is 4. The Bertz CT molecular complexity index is 3650. The Kier molecular flexibility index (Phi) is 12.1. The maximum Gasteiger partial charge on any atom is 0.0541 e. The zero-order valence-electron chi connectivity index (χ0n) is 39.8. The third kappa shape index (κ3) is 8.93. The molecule has 1 aromatic heterocycles. The van der Waals surface area contributed by atoms with Crippen LogP contribution in [-0.2, 0) is 6.42 Å². The van der Waals surface area contributed by atoms with Crippen LogP contribution in [0.2, 0.25) is 0 Å². The summed E-state index contributed by atoms with van der Waals surface area (Å²) < 4.78 is 2.49. The number of fused-ring (bicyclic) bond motifs is 3. The molecular formula is C69H54N2. The molecule has 0 bridgehead atoms. The zero-order valence-corrected chi connectivity index (χ0v) is 39.8. The SMILES string of the molecule is C1=CCCC(N(c2ccccc2)c2ccc(-c3ccc4c(c3)c3cc(-c5ccc(C(CCc6ccccc6)c6ccccc6)cc5)ccc3n4-c3ccc(-c4ccccc4)cc3-c3ccccc3)cc2)=C1. The van der Waals surface area contributed by atoms with Crippen molar-refractivity contribution >= 4 is 33.2 Å². The predicted molar refractivity (Wildman–Crippen MR) is 301 cm³/mol. The minimum Gasteiger partial charge on any atom is -0.314 e. The van der Waals surface area contributed by atoms with Gasteiger partial charge in [0.05, 0.1) is 16.7 Å². The van der Waals surface area contributed by atoms with E-state index in [1.807, 2.05) is 0 Å². The van der Waals surface area contributed by atoms with Crippen LogP contribution in [0.15, 0.2) is 279 Å². The number of rotatable bonds is 13. The van der Waals surface area contributed by atoms with Crippen molar-refractivity contribution in [2.45, 2.75) is 31.6 Å². The van der Waals surface area contributed by atoms with Gasteiger partial charge in [-0.25, -0.2) is 0 Å². The molecule has 0 aliphatic heterocycles. The maximum atomic E-state index is 2.49. The second kappa shape index (κ2) is 19.7. The number of para-hydroxylation sites is 1. The molecule has 0 amide bonds. The number of aromatic nitrogens is 1. The highest BCUT2D eigenvalue weighted by molar-refractivity contribution is 6.12. The molecule has 1 heterocycles. The summed E-state index contributed by atoms with van der Waals surface area (Å²) in [5.74, 6) is 0.299. The van der Waals surface area contributed by atoms with E-state index in [2.05, 4.69) is 282 Å². The highest BCUT2D eigenvalue weighted by Crippen LogP contribution is 2.42. The number of nitrogens with zero attached hydrogens (tertiary/aromatic N) is 2. The van der Waals surface area contributed by atoms with Crippen LogP contribution < -0.4 is 4.90 Å². The molecule has 1 unspecified atom stereocenters. The summed E-state index contributed by atoms with van der Waals surface area (Å²) in [5, 5.41) is 2.45. The second-order valence-corrected chi connectivity index (χ2v) is 18.7. The fourth-order valence-corrected chi connectivity index (χ4v) is 10.7. The van der Waals surface area contributed by atoms with Crippen LogP contribution in [0.3, 0.4) is 0 Å². The van der Waals surface area contributed by atoms with Gasteiger partial charge >= 0.3 is 0 Å². The standard InChI is InChI=1S/C69H54N2/c1-7-19-50(20-8-1)31-43-63(54-23-11-3-12-24-54)56-34-32-52(33-35-56)58-39-45-68-65(48-58)66-49-59(53-36-41-62(42-37-53)70(60-27-15-5-16-28-60)61-29-17-6-18-30-61)40-46-69(66)71(68)67-44-38-57(51-21-9-2-10-22-51)47-64(67)55-25-13-4-14-26-55/h1-17,19-29,32-42,44-49,63H,18,30-31,43H2. The van der Waals surface area contributed by atoms with Gasteiger partial charge in [0.1, 0.15) is 0 Å². The summed E-state index contributed by atoms with van der Waals surface area (Å²) in [6.07, 6.45) is 10.8. The van der Waals surface area contributed by atoms with Crippen molar-refractivity contribution in [3.8, 4) is 50.2 Å². The van der Waals surface area contributed by atoms with Crippen LogP contribution in [0, 0.1) is 0 Å². The first kappa shape index (κ1) is 43.6. The fraction of sp³-hybridized carbons (Fsp3) is 0.0725. The third-order valence-electron chi connectivity index (χ3n) is 14.4. The van der Waals surface area contributed by atoms with Gasteiger partial charge in [0, 0.05) is 39.3 Å². The first-order valence-corrected chi connectivity index (χ1v) is 25.1. The summed E-state index contributed by atoms with van der Waals surface area (Å²) in [4.78, 5) is 2.40. The highest BCUT2D eigenvalue weighted by atomic mass is 15.1. The van der Waals surface area contributed by atoms with Crippen LogP contribution in [0.1, 0.15) is 41.9 Å². The van der Waals surface area contributed by atoms with Crippen molar-refractivity contribution in [3.63, 3.8) is 0 Å². The lowest BCUT2D eigenvalue weighted by molar-refractivity contribution is 0.715. The monoisotopic (exact) mass is 910 g/mol. The lowest BCUT2D eigenvalue weighted by atomic mass is 9.85. The molecule has 0 saturated heterocycles. The second-order valence-electron chi connectivity index (χ2n) is 18.7. The van der Waals surface area contributed by atoms with E-state index in [1.54, 1.807) is 0 Å². The third-order valence-corrected chi connectivity index (χ3v) is 14.4. The van der Waals surface area contributed by atoms with Gasteiger partial charge in [0.2, 0.25) is 0 Å². The van der Waals surface area contributed by atoms with E-state index >= 15 is 0 Å². The molecule has 10 aromatic carbocycles. The molecule has 12 rings (SSSR count). The van der Waals surface area contributed by atoms with Crippen molar-refractivity contribution in [1.29, 1.82) is 0 Å². The molecule has 71 heavy (non-hydrogen) atoms. The number of benzene rings is 10. The zero-order chi connectivity index (χ0) is 47.3. The highest BCUT2D eigenvalue weighted by Gasteiger charge is 2.21. The molecule has 0 saturated carbocycles. The maximum absolute atomic E-state index is 2.49. The average Bonchev–Trinajstić information content (AvgIpc) is 3.78. The van der Waals surface area contributed by atoms with Crippen molar-refractivity contribution in [1.82, 2.24) is 4.57 Å². The van der Waals surface area contributed by atoms with E-state index in [0.29, 0.717) is 5.92 Å². The molecular weight excluding hydrogens is 857 g/mol. The minimum atomic E-state index is 0.299. The summed E-state index contributed by atoms with van der Waals surface area (Å²) in [7, 11) is 0. The number of hydrogen-bond acceptors (Lipinski definition) is 1. The molecule has 1 atom stereocenters. The van der Waals surface area contributed by atoms with Gasteiger partial charge in [-0.15, -0.1) is 0 Å². The van der Waals surface area contributed by atoms with Gasteiger partial charge in [0.25, 0.3) is 0 Å². The van der Waals surface area contributed by atoms with Gasteiger partial charge in [-0.05, 0) is 148 Å². The van der Waals surface area contributed by atoms with E-state index in [9.17, 15) is 0 Å². The number of aryl methyl sites for hydroxylation is 1.